The second kappa shape index (κ2) is 5.79. The molecule has 0 bridgehead atoms. The van der Waals surface area contributed by atoms with Gasteiger partial charge in [-0.05, 0) is 18.2 Å². The molecule has 2 rings (SSSR count). The van der Waals surface area contributed by atoms with E-state index in [4.69, 9.17) is 22.1 Å². The number of halogens is 1. The number of aromatic nitrogens is 1. The topological polar surface area (TPSA) is 68.5 Å². The molecule has 1 aromatic heterocycles. The molecule has 104 valence electrons. The highest BCUT2D eigenvalue weighted by Crippen LogP contribution is 2.29. The third-order valence-electron chi connectivity index (χ3n) is 2.58. The zero-order valence-corrected chi connectivity index (χ0v) is 11.9. The summed E-state index contributed by atoms with van der Waals surface area (Å²) < 4.78 is 5.54. The zero-order chi connectivity index (χ0) is 14.7. The minimum atomic E-state index is -0.119. The molecule has 0 aliphatic rings. The SMILES string of the molecule is CN(C)C(=O)c1ccc(Oc2cc(Cl)ccc2N)nc1. The van der Waals surface area contributed by atoms with Gasteiger partial charge in [-0.2, -0.15) is 0 Å². The molecule has 2 N–H and O–H groups in total. The molecule has 0 saturated carbocycles. The number of benzene rings is 1. The number of nitrogens with zero attached hydrogens (tertiary/aromatic N) is 2. The zero-order valence-electron chi connectivity index (χ0n) is 11.1. The quantitative estimate of drug-likeness (QED) is 0.883. The molecule has 0 atom stereocenters. The fourth-order valence-electron chi connectivity index (χ4n) is 1.53. The van der Waals surface area contributed by atoms with E-state index in [2.05, 4.69) is 4.98 Å². The van der Waals surface area contributed by atoms with Crippen molar-refractivity contribution < 1.29 is 9.53 Å². The van der Waals surface area contributed by atoms with Crippen LogP contribution >= 0.6 is 11.6 Å². The van der Waals surface area contributed by atoms with E-state index in [-0.39, 0.29) is 5.91 Å². The van der Waals surface area contributed by atoms with Crippen molar-refractivity contribution in [1.29, 1.82) is 0 Å². The second-order valence-corrected chi connectivity index (χ2v) is 4.81. The average Bonchev–Trinajstić information content (AvgIpc) is 2.43. The van der Waals surface area contributed by atoms with Gasteiger partial charge in [0.05, 0.1) is 11.3 Å². The highest BCUT2D eigenvalue weighted by atomic mass is 35.5. The van der Waals surface area contributed by atoms with Crippen LogP contribution in [-0.4, -0.2) is 29.9 Å². The van der Waals surface area contributed by atoms with Crippen LogP contribution < -0.4 is 10.5 Å². The minimum absolute atomic E-state index is 0.119. The molecule has 5 nitrogen and oxygen atoms in total. The van der Waals surface area contributed by atoms with Crippen LogP contribution in [0.2, 0.25) is 5.02 Å². The molecular weight excluding hydrogens is 278 g/mol. The molecule has 1 heterocycles. The van der Waals surface area contributed by atoms with E-state index in [0.29, 0.717) is 27.9 Å². The van der Waals surface area contributed by atoms with Crippen LogP contribution in [0.25, 0.3) is 0 Å². The molecular formula is C14H14ClN3O2. The second-order valence-electron chi connectivity index (χ2n) is 4.37. The Kier molecular flexibility index (Phi) is 4.10. The lowest BCUT2D eigenvalue weighted by atomic mass is 10.2. The number of carbonyl (C=O) groups is 1. The van der Waals surface area contributed by atoms with E-state index in [0.717, 1.165) is 0 Å². The van der Waals surface area contributed by atoms with Gasteiger partial charge in [-0.3, -0.25) is 4.79 Å². The molecule has 0 spiro atoms. The Morgan fingerprint density at radius 3 is 2.65 bits per heavy atom. The summed E-state index contributed by atoms with van der Waals surface area (Å²) in [6, 6.07) is 8.19. The molecule has 20 heavy (non-hydrogen) atoms. The summed E-state index contributed by atoms with van der Waals surface area (Å²) in [7, 11) is 3.36. The first-order chi connectivity index (χ1) is 9.47. The Morgan fingerprint density at radius 2 is 2.05 bits per heavy atom. The standard InChI is InChI=1S/C14H14ClN3O2/c1-18(2)14(19)9-3-6-13(17-8-9)20-12-7-10(15)4-5-11(12)16/h3-8H,16H2,1-2H3. The first kappa shape index (κ1) is 14.1. The summed E-state index contributed by atoms with van der Waals surface area (Å²) in [6.07, 6.45) is 1.46. The third kappa shape index (κ3) is 3.19. The fraction of sp³-hybridized carbons (Fsp3) is 0.143. The van der Waals surface area contributed by atoms with E-state index < -0.39 is 0 Å². The first-order valence-electron chi connectivity index (χ1n) is 5.88. The predicted molar refractivity (Wildman–Crippen MR) is 78.2 cm³/mol. The monoisotopic (exact) mass is 291 g/mol. The molecule has 0 unspecified atom stereocenters. The van der Waals surface area contributed by atoms with Gasteiger partial charge < -0.3 is 15.4 Å². The Bertz CT molecular complexity index is 627. The van der Waals surface area contributed by atoms with E-state index in [1.807, 2.05) is 0 Å². The van der Waals surface area contributed by atoms with E-state index >= 15 is 0 Å². The first-order valence-corrected chi connectivity index (χ1v) is 6.26. The summed E-state index contributed by atoms with van der Waals surface area (Å²) in [5.74, 6) is 0.650. The van der Waals surface area contributed by atoms with Crippen LogP contribution in [0.4, 0.5) is 5.69 Å². The van der Waals surface area contributed by atoms with Crippen LogP contribution in [0.3, 0.4) is 0 Å². The van der Waals surface area contributed by atoms with Crippen molar-refractivity contribution in [2.45, 2.75) is 0 Å². The van der Waals surface area contributed by atoms with Crippen LogP contribution in [0.5, 0.6) is 11.6 Å². The van der Waals surface area contributed by atoms with Gasteiger partial charge >= 0.3 is 0 Å². The van der Waals surface area contributed by atoms with Gasteiger partial charge in [0, 0.05) is 37.4 Å². The fourth-order valence-corrected chi connectivity index (χ4v) is 1.70. The Labute approximate surface area is 121 Å². The van der Waals surface area contributed by atoms with Gasteiger partial charge in [-0.25, -0.2) is 4.98 Å². The van der Waals surface area contributed by atoms with E-state index in [9.17, 15) is 4.79 Å². The molecule has 0 aliphatic carbocycles. The maximum absolute atomic E-state index is 11.7. The number of hydrogen-bond acceptors (Lipinski definition) is 4. The number of anilines is 1. The number of amides is 1. The number of rotatable bonds is 3. The lowest BCUT2D eigenvalue weighted by Crippen LogP contribution is -2.21. The molecule has 0 saturated heterocycles. The van der Waals surface area contributed by atoms with Gasteiger partial charge in [-0.1, -0.05) is 11.6 Å². The minimum Gasteiger partial charge on any atom is -0.437 e. The van der Waals surface area contributed by atoms with E-state index in [1.54, 1.807) is 44.4 Å². The lowest BCUT2D eigenvalue weighted by Gasteiger charge is -2.11. The molecule has 0 radical (unpaired) electrons. The number of carbonyl (C=O) groups excluding carboxylic acids is 1. The maximum atomic E-state index is 11.7. The van der Waals surface area contributed by atoms with Gasteiger partial charge in [0.2, 0.25) is 5.88 Å². The molecule has 0 fully saturated rings. The molecule has 1 aromatic carbocycles. The van der Waals surface area contributed by atoms with Crippen LogP contribution in [0.1, 0.15) is 10.4 Å². The third-order valence-corrected chi connectivity index (χ3v) is 2.81. The number of nitrogens with two attached hydrogens (primary N) is 1. The molecule has 1 amide bonds. The van der Waals surface area contributed by atoms with Crippen LogP contribution in [0, 0.1) is 0 Å². The summed E-state index contributed by atoms with van der Waals surface area (Å²) in [5.41, 5.74) is 6.73. The van der Waals surface area contributed by atoms with E-state index in [1.165, 1.54) is 11.1 Å². The van der Waals surface area contributed by atoms with Gasteiger partial charge in [0.15, 0.2) is 5.75 Å². The normalized spacial score (nSPS) is 10.2. The van der Waals surface area contributed by atoms with Crippen molar-refractivity contribution in [3.05, 3.63) is 47.1 Å². The Hall–Kier alpha value is -2.27. The highest BCUT2D eigenvalue weighted by Gasteiger charge is 2.09. The van der Waals surface area contributed by atoms with Crippen LogP contribution in [-0.2, 0) is 0 Å². The smallest absolute Gasteiger partial charge is 0.254 e. The number of hydrogen-bond donors (Lipinski definition) is 1. The summed E-state index contributed by atoms with van der Waals surface area (Å²) in [5, 5.41) is 0.522. The predicted octanol–water partition coefficient (Wildman–Crippen LogP) is 2.81. The molecule has 6 heteroatoms. The largest absolute Gasteiger partial charge is 0.437 e. The molecule has 0 aliphatic heterocycles. The van der Waals surface area contributed by atoms with Crippen molar-refractivity contribution in [2.75, 3.05) is 19.8 Å². The number of nitrogen functional groups attached to an aromatic ring is 1. The van der Waals surface area contributed by atoms with Gasteiger partial charge in [0.25, 0.3) is 5.91 Å². The van der Waals surface area contributed by atoms with Gasteiger partial charge in [0.1, 0.15) is 0 Å². The van der Waals surface area contributed by atoms with Crippen LogP contribution in [0.15, 0.2) is 36.5 Å². The molecule has 2 aromatic rings. The summed E-state index contributed by atoms with van der Waals surface area (Å²) >= 11 is 5.88. The van der Waals surface area contributed by atoms with Crippen molar-refractivity contribution in [3.63, 3.8) is 0 Å². The number of pyridine rings is 1. The summed E-state index contributed by atoms with van der Waals surface area (Å²) in [4.78, 5) is 17.3. The summed E-state index contributed by atoms with van der Waals surface area (Å²) in [6.45, 7) is 0. The lowest BCUT2D eigenvalue weighted by molar-refractivity contribution is 0.0827. The van der Waals surface area contributed by atoms with Crippen molar-refractivity contribution in [1.82, 2.24) is 9.88 Å². The maximum Gasteiger partial charge on any atom is 0.254 e. The van der Waals surface area contributed by atoms with Gasteiger partial charge in [-0.15, -0.1) is 0 Å². The van der Waals surface area contributed by atoms with Crippen molar-refractivity contribution >= 4 is 23.2 Å². The number of ether oxygens (including phenoxy) is 1. The Morgan fingerprint density at radius 1 is 1.30 bits per heavy atom. The Balaban J connectivity index is 2.19. The van der Waals surface area contributed by atoms with Crippen molar-refractivity contribution in [3.8, 4) is 11.6 Å². The average molecular weight is 292 g/mol. The highest BCUT2D eigenvalue weighted by molar-refractivity contribution is 6.30. The van der Waals surface area contributed by atoms with Crippen molar-refractivity contribution in [2.24, 2.45) is 0 Å².